The number of ether oxygens (including phenoxy) is 1. The number of piperidine rings is 1. The van der Waals surface area contributed by atoms with Crippen LogP contribution in [0.2, 0.25) is 10.0 Å². The molecule has 0 bridgehead atoms. The minimum absolute atomic E-state index is 0.0527. The summed E-state index contributed by atoms with van der Waals surface area (Å²) in [6.07, 6.45) is 3.55. The second-order valence-corrected chi connectivity index (χ2v) is 13.2. The van der Waals surface area contributed by atoms with Crippen LogP contribution in [-0.2, 0) is 10.2 Å². The molecule has 0 radical (unpaired) electrons. The Morgan fingerprint density at radius 3 is 2.44 bits per heavy atom. The minimum atomic E-state index is -0.578. The Morgan fingerprint density at radius 2 is 1.78 bits per heavy atom. The number of carbonyl (C=O) groups is 1. The van der Waals surface area contributed by atoms with E-state index in [4.69, 9.17) is 37.9 Å². The second kappa shape index (κ2) is 9.89. The predicted molar refractivity (Wildman–Crippen MR) is 160 cm³/mol. The van der Waals surface area contributed by atoms with Gasteiger partial charge in [-0.25, -0.2) is 14.8 Å². The van der Waals surface area contributed by atoms with Gasteiger partial charge in [-0.1, -0.05) is 59.6 Å². The number of nitrogens with zero attached hydrogens (tertiary/aromatic N) is 4. The van der Waals surface area contributed by atoms with Gasteiger partial charge in [0.1, 0.15) is 11.7 Å². The topological polar surface area (TPSA) is 91.1 Å². The van der Waals surface area contributed by atoms with Crippen molar-refractivity contribution in [2.24, 2.45) is 5.41 Å². The standard InChI is InChI=1S/C32H33Cl2N5O2/c1-19-25(21-9-7-11-23(33)26(21)34)24(18-35)37-28(36-19)39-16-14-32(15-17-39)27(38-29(40)41-30(2,3)4)20-8-5-6-10-22(20)31(32)12-13-31/h5-11,27H,12-17H2,1-4H3,(H,38,40)/t27-/m1/s1. The van der Waals surface area contributed by atoms with E-state index in [1.165, 1.54) is 11.1 Å². The lowest BCUT2D eigenvalue weighted by Crippen LogP contribution is -2.51. The van der Waals surface area contributed by atoms with Gasteiger partial charge < -0.3 is 15.0 Å². The van der Waals surface area contributed by atoms with Crippen molar-refractivity contribution in [3.05, 3.63) is 75.0 Å². The Hall–Kier alpha value is -3.34. The first-order chi connectivity index (χ1) is 19.5. The van der Waals surface area contributed by atoms with E-state index in [9.17, 15) is 10.1 Å². The summed E-state index contributed by atoms with van der Waals surface area (Å²) in [5, 5.41) is 14.1. The molecule has 0 unspecified atom stereocenters. The van der Waals surface area contributed by atoms with Gasteiger partial charge in [-0.3, -0.25) is 0 Å². The third kappa shape index (κ3) is 4.52. The van der Waals surface area contributed by atoms with E-state index in [2.05, 4.69) is 40.6 Å². The smallest absolute Gasteiger partial charge is 0.408 e. The number of alkyl carbamates (subject to hydrolysis) is 1. The summed E-state index contributed by atoms with van der Waals surface area (Å²) >= 11 is 12.8. The highest BCUT2D eigenvalue weighted by molar-refractivity contribution is 6.43. The van der Waals surface area contributed by atoms with Gasteiger partial charge in [-0.15, -0.1) is 0 Å². The largest absolute Gasteiger partial charge is 0.444 e. The van der Waals surface area contributed by atoms with E-state index < -0.39 is 5.60 Å². The zero-order valence-electron chi connectivity index (χ0n) is 23.7. The molecule has 3 aliphatic rings. The summed E-state index contributed by atoms with van der Waals surface area (Å²) in [7, 11) is 0. The molecule has 2 aliphatic carbocycles. The van der Waals surface area contributed by atoms with Crippen molar-refractivity contribution in [3.63, 3.8) is 0 Å². The lowest BCUT2D eigenvalue weighted by Gasteiger charge is -2.47. The monoisotopic (exact) mass is 589 g/mol. The average Bonchev–Trinajstić information content (AvgIpc) is 3.71. The number of halogens is 2. The van der Waals surface area contributed by atoms with Gasteiger partial charge in [-0.05, 0) is 70.6 Å². The maximum absolute atomic E-state index is 13.1. The van der Waals surface area contributed by atoms with Crippen LogP contribution in [0.25, 0.3) is 11.1 Å². The SMILES string of the molecule is Cc1nc(N2CCC3(CC2)[C@H](NC(=O)OC(C)(C)C)c2ccccc2C32CC2)nc(C#N)c1-c1cccc(Cl)c1Cl. The molecule has 1 atom stereocenters. The van der Waals surface area contributed by atoms with Crippen molar-refractivity contribution in [1.29, 1.82) is 5.26 Å². The molecule has 7 nitrogen and oxygen atoms in total. The predicted octanol–water partition coefficient (Wildman–Crippen LogP) is 7.53. The number of benzene rings is 2. The molecule has 41 heavy (non-hydrogen) atoms. The number of aryl methyl sites for hydroxylation is 1. The van der Waals surface area contributed by atoms with Crippen LogP contribution in [0, 0.1) is 23.7 Å². The number of aromatic nitrogens is 2. The van der Waals surface area contributed by atoms with Crippen molar-refractivity contribution in [2.45, 2.75) is 70.4 Å². The molecule has 1 saturated carbocycles. The molecule has 1 N–H and O–H groups in total. The lowest BCUT2D eigenvalue weighted by atomic mass is 9.64. The third-order valence-electron chi connectivity index (χ3n) is 9.05. The van der Waals surface area contributed by atoms with Gasteiger partial charge in [0.05, 0.1) is 21.8 Å². The van der Waals surface area contributed by atoms with Crippen molar-refractivity contribution in [3.8, 4) is 17.2 Å². The van der Waals surface area contributed by atoms with Crippen LogP contribution in [0.3, 0.4) is 0 Å². The van der Waals surface area contributed by atoms with E-state index in [-0.39, 0.29) is 28.7 Å². The third-order valence-corrected chi connectivity index (χ3v) is 9.87. The average molecular weight is 591 g/mol. The maximum Gasteiger partial charge on any atom is 0.408 e. The number of hydrogen-bond donors (Lipinski definition) is 1. The number of anilines is 1. The van der Waals surface area contributed by atoms with Crippen LogP contribution >= 0.6 is 23.2 Å². The molecule has 2 spiro atoms. The molecule has 2 fully saturated rings. The van der Waals surface area contributed by atoms with E-state index >= 15 is 0 Å². The fourth-order valence-electron chi connectivity index (χ4n) is 7.23. The molecule has 9 heteroatoms. The Morgan fingerprint density at radius 1 is 1.07 bits per heavy atom. The Bertz CT molecular complexity index is 1580. The maximum atomic E-state index is 13.1. The zero-order valence-corrected chi connectivity index (χ0v) is 25.2. The van der Waals surface area contributed by atoms with Gasteiger partial charge in [0.2, 0.25) is 5.95 Å². The van der Waals surface area contributed by atoms with E-state index in [1.807, 2.05) is 33.8 Å². The molecule has 1 aliphatic heterocycles. The van der Waals surface area contributed by atoms with Gasteiger partial charge in [0.25, 0.3) is 0 Å². The van der Waals surface area contributed by atoms with Crippen molar-refractivity contribution in [2.75, 3.05) is 18.0 Å². The number of rotatable bonds is 3. The molecule has 2 aromatic carbocycles. The highest BCUT2D eigenvalue weighted by Gasteiger charge is 2.68. The summed E-state index contributed by atoms with van der Waals surface area (Å²) in [5.74, 6) is 0.535. The number of fused-ring (bicyclic) bond motifs is 3. The Balaban J connectivity index is 1.31. The lowest BCUT2D eigenvalue weighted by molar-refractivity contribution is 0.0382. The van der Waals surface area contributed by atoms with Gasteiger partial charge in [0, 0.05) is 35.0 Å². The summed E-state index contributed by atoms with van der Waals surface area (Å²) in [5.41, 5.74) is 4.09. The Labute approximate surface area is 250 Å². The molecule has 1 aromatic heterocycles. The molecule has 6 rings (SSSR count). The first-order valence-corrected chi connectivity index (χ1v) is 14.8. The van der Waals surface area contributed by atoms with E-state index in [0.717, 1.165) is 25.7 Å². The number of nitriles is 1. The summed E-state index contributed by atoms with van der Waals surface area (Å²) in [6.45, 7) is 8.95. The van der Waals surface area contributed by atoms with Crippen LogP contribution in [0.5, 0.6) is 0 Å². The fraction of sp³-hybridized carbons (Fsp3) is 0.438. The first-order valence-electron chi connectivity index (χ1n) is 14.1. The van der Waals surface area contributed by atoms with Crippen LogP contribution in [-0.4, -0.2) is 34.8 Å². The van der Waals surface area contributed by atoms with Crippen LogP contribution in [0.1, 0.15) is 75.0 Å². The molecule has 212 valence electrons. The minimum Gasteiger partial charge on any atom is -0.444 e. The second-order valence-electron chi connectivity index (χ2n) is 12.4. The first kappa shape index (κ1) is 27.8. The number of hydrogen-bond acceptors (Lipinski definition) is 6. The van der Waals surface area contributed by atoms with Gasteiger partial charge in [-0.2, -0.15) is 5.26 Å². The van der Waals surface area contributed by atoms with Crippen molar-refractivity contribution >= 4 is 35.2 Å². The summed E-state index contributed by atoms with van der Waals surface area (Å²) in [6, 6.07) is 16.0. The summed E-state index contributed by atoms with van der Waals surface area (Å²) in [4.78, 5) is 24.8. The quantitative estimate of drug-likeness (QED) is 0.339. The van der Waals surface area contributed by atoms with Crippen LogP contribution < -0.4 is 10.2 Å². The molecule has 1 amide bonds. The fourth-order valence-corrected chi connectivity index (χ4v) is 7.63. The summed E-state index contributed by atoms with van der Waals surface area (Å²) < 4.78 is 5.70. The van der Waals surface area contributed by atoms with Crippen LogP contribution in [0.4, 0.5) is 10.7 Å². The molecule has 3 aromatic rings. The number of carbonyl (C=O) groups excluding carboxylic acids is 1. The van der Waals surface area contributed by atoms with E-state index in [0.29, 0.717) is 45.9 Å². The number of nitrogens with one attached hydrogen (secondary N) is 1. The number of amides is 1. The highest BCUT2D eigenvalue weighted by Crippen LogP contribution is 2.73. The molecule has 2 heterocycles. The highest BCUT2D eigenvalue weighted by atomic mass is 35.5. The van der Waals surface area contributed by atoms with Gasteiger partial charge in [0.15, 0.2) is 5.69 Å². The van der Waals surface area contributed by atoms with Gasteiger partial charge >= 0.3 is 6.09 Å². The zero-order chi connectivity index (χ0) is 29.2. The molecular weight excluding hydrogens is 557 g/mol. The van der Waals surface area contributed by atoms with E-state index in [1.54, 1.807) is 12.1 Å². The van der Waals surface area contributed by atoms with Crippen LogP contribution in [0.15, 0.2) is 42.5 Å². The molecular formula is C32H33Cl2N5O2. The molecule has 1 saturated heterocycles. The normalized spacial score (nSPS) is 20.0. The Kier molecular flexibility index (Phi) is 6.71. The van der Waals surface area contributed by atoms with Crippen molar-refractivity contribution < 1.29 is 9.53 Å². The van der Waals surface area contributed by atoms with Crippen molar-refractivity contribution in [1.82, 2.24) is 15.3 Å².